The highest BCUT2D eigenvalue weighted by atomic mass is 16.5. The van der Waals surface area contributed by atoms with Gasteiger partial charge in [0.15, 0.2) is 5.78 Å². The molecule has 2 aromatic rings. The van der Waals surface area contributed by atoms with Gasteiger partial charge in [0, 0.05) is 32.1 Å². The Kier molecular flexibility index (Phi) is 5.01. The first kappa shape index (κ1) is 17.8. The molecule has 1 aliphatic rings. The number of nitrogens with zero attached hydrogens (tertiary/aromatic N) is 3. The van der Waals surface area contributed by atoms with Gasteiger partial charge in [-0.2, -0.15) is 4.98 Å². The van der Waals surface area contributed by atoms with Crippen LogP contribution in [0.15, 0.2) is 10.6 Å². The second kappa shape index (κ2) is 7.06. The normalized spacial score (nSPS) is 18.5. The molecule has 25 heavy (non-hydrogen) atoms. The molecule has 6 nitrogen and oxygen atoms in total. The van der Waals surface area contributed by atoms with E-state index in [0.29, 0.717) is 24.9 Å². The number of benzene rings is 1. The lowest BCUT2D eigenvalue weighted by Gasteiger charge is -2.32. The SMILES string of the molecule is CC(=O)c1c(C)cc(C)c(CN2CCO[C@H](c3noc(C)n3)C2)c1C. The van der Waals surface area contributed by atoms with Gasteiger partial charge in [-0.05, 0) is 49.9 Å². The van der Waals surface area contributed by atoms with Gasteiger partial charge < -0.3 is 9.26 Å². The Morgan fingerprint density at radius 1 is 1.28 bits per heavy atom. The number of carbonyl (C=O) groups excluding carboxylic acids is 1. The van der Waals surface area contributed by atoms with Crippen LogP contribution < -0.4 is 0 Å². The van der Waals surface area contributed by atoms with Crippen LogP contribution in [0.5, 0.6) is 0 Å². The van der Waals surface area contributed by atoms with Crippen molar-refractivity contribution in [2.75, 3.05) is 19.7 Å². The second-order valence-corrected chi connectivity index (χ2v) is 6.81. The molecule has 0 saturated carbocycles. The van der Waals surface area contributed by atoms with Crippen molar-refractivity contribution in [2.45, 2.75) is 47.3 Å². The van der Waals surface area contributed by atoms with Crippen LogP contribution in [-0.4, -0.2) is 40.5 Å². The second-order valence-electron chi connectivity index (χ2n) is 6.81. The Morgan fingerprint density at radius 2 is 2.04 bits per heavy atom. The molecule has 0 unspecified atom stereocenters. The molecule has 1 atom stereocenters. The van der Waals surface area contributed by atoms with E-state index in [1.165, 1.54) is 11.1 Å². The summed E-state index contributed by atoms with van der Waals surface area (Å²) in [5.41, 5.74) is 5.43. The average molecular weight is 343 g/mol. The fourth-order valence-electron chi connectivity index (χ4n) is 3.68. The molecule has 2 heterocycles. The van der Waals surface area contributed by atoms with Crippen LogP contribution in [0, 0.1) is 27.7 Å². The Hall–Kier alpha value is -2.05. The van der Waals surface area contributed by atoms with Crippen molar-refractivity contribution in [3.05, 3.63) is 45.6 Å². The minimum absolute atomic E-state index is 0.123. The summed E-state index contributed by atoms with van der Waals surface area (Å²) in [5, 5.41) is 3.98. The number of aryl methyl sites for hydroxylation is 3. The number of rotatable bonds is 4. The number of ether oxygens (including phenoxy) is 1. The summed E-state index contributed by atoms with van der Waals surface area (Å²) in [4.78, 5) is 18.6. The number of morpholine rings is 1. The predicted molar refractivity (Wildman–Crippen MR) is 93.7 cm³/mol. The summed E-state index contributed by atoms with van der Waals surface area (Å²) < 4.78 is 10.9. The summed E-state index contributed by atoms with van der Waals surface area (Å²) >= 11 is 0. The quantitative estimate of drug-likeness (QED) is 0.795. The molecule has 0 spiro atoms. The van der Waals surface area contributed by atoms with E-state index in [-0.39, 0.29) is 11.9 Å². The summed E-state index contributed by atoms with van der Waals surface area (Å²) in [6.07, 6.45) is -0.176. The van der Waals surface area contributed by atoms with Crippen LogP contribution in [-0.2, 0) is 11.3 Å². The molecule has 1 aliphatic heterocycles. The Morgan fingerprint density at radius 3 is 2.68 bits per heavy atom. The van der Waals surface area contributed by atoms with E-state index in [1.807, 2.05) is 13.8 Å². The van der Waals surface area contributed by atoms with Gasteiger partial charge in [0.2, 0.25) is 11.7 Å². The maximum Gasteiger partial charge on any atom is 0.223 e. The zero-order valence-electron chi connectivity index (χ0n) is 15.5. The van der Waals surface area contributed by atoms with E-state index in [4.69, 9.17) is 9.26 Å². The van der Waals surface area contributed by atoms with Gasteiger partial charge in [0.05, 0.1) is 6.61 Å². The maximum absolute atomic E-state index is 12.0. The van der Waals surface area contributed by atoms with E-state index in [2.05, 4.69) is 28.0 Å². The van der Waals surface area contributed by atoms with Crippen LogP contribution in [0.25, 0.3) is 0 Å². The van der Waals surface area contributed by atoms with E-state index in [9.17, 15) is 4.79 Å². The molecule has 0 amide bonds. The fourth-order valence-corrected chi connectivity index (χ4v) is 3.68. The Labute approximate surface area is 148 Å². The third kappa shape index (κ3) is 3.65. The minimum atomic E-state index is -0.176. The number of carbonyl (C=O) groups is 1. The minimum Gasteiger partial charge on any atom is -0.367 e. The topological polar surface area (TPSA) is 68.5 Å². The molecule has 0 N–H and O–H groups in total. The van der Waals surface area contributed by atoms with Gasteiger partial charge in [-0.25, -0.2) is 0 Å². The highest BCUT2D eigenvalue weighted by Crippen LogP contribution is 2.26. The molecule has 0 bridgehead atoms. The predicted octanol–water partition coefficient (Wildman–Crippen LogP) is 3.08. The third-order valence-corrected chi connectivity index (χ3v) is 4.85. The van der Waals surface area contributed by atoms with Crippen molar-refractivity contribution in [3.63, 3.8) is 0 Å². The first-order valence-corrected chi connectivity index (χ1v) is 8.61. The largest absolute Gasteiger partial charge is 0.367 e. The monoisotopic (exact) mass is 343 g/mol. The van der Waals surface area contributed by atoms with E-state index >= 15 is 0 Å². The van der Waals surface area contributed by atoms with E-state index in [0.717, 1.165) is 29.8 Å². The zero-order valence-corrected chi connectivity index (χ0v) is 15.5. The molecule has 1 aromatic heterocycles. The van der Waals surface area contributed by atoms with Crippen molar-refractivity contribution in [3.8, 4) is 0 Å². The van der Waals surface area contributed by atoms with Crippen molar-refractivity contribution in [2.24, 2.45) is 0 Å². The number of aromatic nitrogens is 2. The molecule has 1 fully saturated rings. The lowest BCUT2D eigenvalue weighted by Crippen LogP contribution is -2.38. The molecule has 134 valence electrons. The third-order valence-electron chi connectivity index (χ3n) is 4.85. The fraction of sp³-hybridized carbons (Fsp3) is 0.526. The lowest BCUT2D eigenvalue weighted by molar-refractivity contribution is -0.0381. The van der Waals surface area contributed by atoms with E-state index < -0.39 is 0 Å². The Balaban J connectivity index is 1.82. The van der Waals surface area contributed by atoms with Gasteiger partial charge in [0.1, 0.15) is 6.10 Å². The van der Waals surface area contributed by atoms with Gasteiger partial charge in [-0.15, -0.1) is 0 Å². The van der Waals surface area contributed by atoms with Crippen molar-refractivity contribution >= 4 is 5.78 Å². The summed E-state index contributed by atoms with van der Waals surface area (Å²) in [6, 6.07) is 2.11. The number of ketones is 1. The molecule has 6 heteroatoms. The Bertz CT molecular complexity index is 797. The molecule has 0 aliphatic carbocycles. The van der Waals surface area contributed by atoms with Crippen LogP contribution in [0.2, 0.25) is 0 Å². The average Bonchev–Trinajstić information content (AvgIpc) is 2.98. The van der Waals surface area contributed by atoms with Gasteiger partial charge in [0.25, 0.3) is 0 Å². The highest BCUT2D eigenvalue weighted by Gasteiger charge is 2.27. The molecular formula is C19H25N3O3. The molecule has 1 aromatic carbocycles. The van der Waals surface area contributed by atoms with Crippen LogP contribution >= 0.6 is 0 Å². The molecule has 3 rings (SSSR count). The lowest BCUT2D eigenvalue weighted by atomic mass is 9.91. The first-order valence-electron chi connectivity index (χ1n) is 8.61. The first-order chi connectivity index (χ1) is 11.9. The molecule has 0 radical (unpaired) electrons. The van der Waals surface area contributed by atoms with Gasteiger partial charge >= 0.3 is 0 Å². The molecule has 1 saturated heterocycles. The van der Waals surface area contributed by atoms with Crippen molar-refractivity contribution in [1.29, 1.82) is 0 Å². The summed E-state index contributed by atoms with van der Waals surface area (Å²) in [6.45, 7) is 12.5. The number of Topliss-reactive ketones (excluding diaryl/α,β-unsaturated/α-hetero) is 1. The highest BCUT2D eigenvalue weighted by molar-refractivity contribution is 5.97. The van der Waals surface area contributed by atoms with Crippen LogP contribution in [0.1, 0.15) is 57.4 Å². The van der Waals surface area contributed by atoms with Crippen LogP contribution in [0.3, 0.4) is 0 Å². The maximum atomic E-state index is 12.0. The van der Waals surface area contributed by atoms with Gasteiger partial charge in [-0.3, -0.25) is 9.69 Å². The van der Waals surface area contributed by atoms with Crippen LogP contribution in [0.4, 0.5) is 0 Å². The van der Waals surface area contributed by atoms with Crippen molar-refractivity contribution < 1.29 is 14.1 Å². The zero-order chi connectivity index (χ0) is 18.1. The summed E-state index contributed by atoms with van der Waals surface area (Å²) in [5.74, 6) is 1.27. The summed E-state index contributed by atoms with van der Waals surface area (Å²) in [7, 11) is 0. The standard InChI is InChI=1S/C19H25N3O3/c1-11-8-12(2)18(14(4)23)13(3)16(11)9-22-6-7-24-17(10-22)19-20-15(5)25-21-19/h8,17H,6-7,9-10H2,1-5H3/t17-/m0/s1. The molecular weight excluding hydrogens is 318 g/mol. The number of hydrogen-bond acceptors (Lipinski definition) is 6. The van der Waals surface area contributed by atoms with Crippen molar-refractivity contribution in [1.82, 2.24) is 15.0 Å². The van der Waals surface area contributed by atoms with Gasteiger partial charge in [-0.1, -0.05) is 11.2 Å². The number of hydrogen-bond donors (Lipinski definition) is 0. The smallest absolute Gasteiger partial charge is 0.223 e. The van der Waals surface area contributed by atoms with E-state index in [1.54, 1.807) is 13.8 Å².